The summed E-state index contributed by atoms with van der Waals surface area (Å²) in [7, 11) is 0. The number of unbranched alkanes of at least 4 members (excludes halogenated alkanes) is 2. The van der Waals surface area contributed by atoms with Crippen LogP contribution >= 0.6 is 0 Å². The van der Waals surface area contributed by atoms with Crippen molar-refractivity contribution < 1.29 is 14.7 Å². The van der Waals surface area contributed by atoms with E-state index < -0.39 is 5.97 Å². The average molecular weight is 226 g/mol. The van der Waals surface area contributed by atoms with Gasteiger partial charge in [-0.25, -0.2) is 0 Å². The largest absolute Gasteiger partial charge is 0.481 e. The molecule has 0 aromatic rings. The third kappa shape index (κ3) is 3.06. The molecule has 0 radical (unpaired) electrons. The topological polar surface area (TPSA) is 54.4 Å². The van der Waals surface area contributed by atoms with Gasteiger partial charge in [0.05, 0.1) is 5.92 Å². The van der Waals surface area contributed by atoms with Crippen molar-refractivity contribution in [3.63, 3.8) is 0 Å². The zero-order valence-electron chi connectivity index (χ0n) is 10.2. The number of carbonyl (C=O) groups is 2. The Morgan fingerprint density at radius 2 is 2.19 bits per heavy atom. The van der Waals surface area contributed by atoms with E-state index in [0.29, 0.717) is 6.42 Å². The van der Waals surface area contributed by atoms with Crippen molar-refractivity contribution in [2.75, 3.05) is 0 Å². The van der Waals surface area contributed by atoms with Gasteiger partial charge in [0, 0.05) is 12.3 Å². The Morgan fingerprint density at radius 3 is 2.75 bits per heavy atom. The molecule has 0 saturated heterocycles. The average Bonchev–Trinajstić information content (AvgIpc) is 2.60. The van der Waals surface area contributed by atoms with Crippen LogP contribution in [0.25, 0.3) is 0 Å². The Kier molecular flexibility index (Phi) is 4.97. The standard InChI is InChI=1S/C13H22O3/c1-3-4-5-6-11-10(7-8-12(11)14)9(2)13(15)16/h9-11H,3-8H2,1-2H3,(H,15,16). The molecule has 3 atom stereocenters. The molecule has 1 rings (SSSR count). The molecule has 3 nitrogen and oxygen atoms in total. The highest BCUT2D eigenvalue weighted by Crippen LogP contribution is 2.37. The zero-order chi connectivity index (χ0) is 12.1. The first kappa shape index (κ1) is 13.2. The lowest BCUT2D eigenvalue weighted by atomic mass is 9.82. The zero-order valence-corrected chi connectivity index (χ0v) is 10.2. The first-order chi connectivity index (χ1) is 7.57. The molecule has 0 spiro atoms. The highest BCUT2D eigenvalue weighted by molar-refractivity contribution is 5.84. The molecule has 0 bridgehead atoms. The van der Waals surface area contributed by atoms with Gasteiger partial charge in [-0.15, -0.1) is 0 Å². The minimum Gasteiger partial charge on any atom is -0.481 e. The molecule has 16 heavy (non-hydrogen) atoms. The van der Waals surface area contributed by atoms with Crippen molar-refractivity contribution in [3.8, 4) is 0 Å². The van der Waals surface area contributed by atoms with E-state index in [2.05, 4.69) is 6.92 Å². The van der Waals surface area contributed by atoms with Gasteiger partial charge in [-0.05, 0) is 18.8 Å². The minimum absolute atomic E-state index is 0.0117. The fraction of sp³-hybridized carbons (Fsp3) is 0.846. The van der Waals surface area contributed by atoms with Gasteiger partial charge in [0.2, 0.25) is 0 Å². The lowest BCUT2D eigenvalue weighted by molar-refractivity contribution is -0.143. The summed E-state index contributed by atoms with van der Waals surface area (Å²) in [6, 6.07) is 0. The van der Waals surface area contributed by atoms with Crippen LogP contribution in [-0.4, -0.2) is 16.9 Å². The van der Waals surface area contributed by atoms with Crippen molar-refractivity contribution in [2.24, 2.45) is 17.8 Å². The van der Waals surface area contributed by atoms with Gasteiger partial charge in [-0.2, -0.15) is 0 Å². The van der Waals surface area contributed by atoms with Crippen molar-refractivity contribution >= 4 is 11.8 Å². The fourth-order valence-corrected chi connectivity index (χ4v) is 2.71. The molecule has 3 heteroatoms. The van der Waals surface area contributed by atoms with E-state index >= 15 is 0 Å². The van der Waals surface area contributed by atoms with Crippen LogP contribution in [0.4, 0.5) is 0 Å². The SMILES string of the molecule is CCCCCC1C(=O)CCC1C(C)C(=O)O. The molecule has 0 aromatic heterocycles. The Bertz CT molecular complexity index is 260. The summed E-state index contributed by atoms with van der Waals surface area (Å²) in [6.07, 6.45) is 5.56. The van der Waals surface area contributed by atoms with E-state index in [1.54, 1.807) is 6.92 Å². The van der Waals surface area contributed by atoms with Crippen molar-refractivity contribution in [2.45, 2.75) is 52.4 Å². The van der Waals surface area contributed by atoms with Crippen LogP contribution in [0.1, 0.15) is 52.4 Å². The van der Waals surface area contributed by atoms with Gasteiger partial charge in [0.25, 0.3) is 0 Å². The number of ketones is 1. The van der Waals surface area contributed by atoms with E-state index in [9.17, 15) is 9.59 Å². The normalized spacial score (nSPS) is 27.0. The predicted octanol–water partition coefficient (Wildman–Crippen LogP) is 2.88. The lowest BCUT2D eigenvalue weighted by Crippen LogP contribution is -2.26. The van der Waals surface area contributed by atoms with E-state index in [1.165, 1.54) is 0 Å². The van der Waals surface area contributed by atoms with Crippen LogP contribution in [0.5, 0.6) is 0 Å². The maximum atomic E-state index is 11.7. The number of hydrogen-bond acceptors (Lipinski definition) is 2. The number of carbonyl (C=O) groups excluding carboxylic acids is 1. The smallest absolute Gasteiger partial charge is 0.306 e. The summed E-state index contributed by atoms with van der Waals surface area (Å²) >= 11 is 0. The molecule has 0 aromatic carbocycles. The van der Waals surface area contributed by atoms with Gasteiger partial charge in [0.15, 0.2) is 0 Å². The molecule has 1 N–H and O–H groups in total. The lowest BCUT2D eigenvalue weighted by Gasteiger charge is -2.21. The van der Waals surface area contributed by atoms with Gasteiger partial charge in [0.1, 0.15) is 5.78 Å². The number of rotatable bonds is 6. The molecular formula is C13H22O3. The van der Waals surface area contributed by atoms with Crippen LogP contribution < -0.4 is 0 Å². The molecule has 1 saturated carbocycles. The number of aliphatic carboxylic acids is 1. The van der Waals surface area contributed by atoms with Crippen LogP contribution in [0.15, 0.2) is 0 Å². The van der Waals surface area contributed by atoms with E-state index in [-0.39, 0.29) is 23.5 Å². The molecule has 1 aliphatic carbocycles. The molecule has 1 fully saturated rings. The molecule has 92 valence electrons. The Balaban J connectivity index is 2.55. The summed E-state index contributed by atoms with van der Waals surface area (Å²) in [6.45, 7) is 3.87. The van der Waals surface area contributed by atoms with Gasteiger partial charge >= 0.3 is 5.97 Å². The van der Waals surface area contributed by atoms with Crippen molar-refractivity contribution in [1.82, 2.24) is 0 Å². The predicted molar refractivity (Wildman–Crippen MR) is 62.2 cm³/mol. The highest BCUT2D eigenvalue weighted by atomic mass is 16.4. The van der Waals surface area contributed by atoms with Gasteiger partial charge < -0.3 is 5.11 Å². The van der Waals surface area contributed by atoms with E-state index in [1.807, 2.05) is 0 Å². The molecule has 1 aliphatic rings. The minimum atomic E-state index is -0.764. The van der Waals surface area contributed by atoms with Gasteiger partial charge in [-0.1, -0.05) is 33.1 Å². The summed E-state index contributed by atoms with van der Waals surface area (Å²) in [5.74, 6) is -0.771. The fourth-order valence-electron chi connectivity index (χ4n) is 2.71. The van der Waals surface area contributed by atoms with Gasteiger partial charge in [-0.3, -0.25) is 9.59 Å². The second-order valence-corrected chi connectivity index (χ2v) is 4.90. The van der Waals surface area contributed by atoms with Crippen LogP contribution in [0.2, 0.25) is 0 Å². The number of carboxylic acid groups (broad SMARTS) is 1. The quantitative estimate of drug-likeness (QED) is 0.708. The van der Waals surface area contributed by atoms with E-state index in [0.717, 1.165) is 32.1 Å². The van der Waals surface area contributed by atoms with Crippen molar-refractivity contribution in [1.29, 1.82) is 0 Å². The molecule has 3 unspecified atom stereocenters. The summed E-state index contributed by atoms with van der Waals surface area (Å²) in [5, 5.41) is 9.01. The molecule has 0 heterocycles. The summed E-state index contributed by atoms with van der Waals surface area (Å²) in [4.78, 5) is 22.7. The third-order valence-corrected chi connectivity index (χ3v) is 3.80. The Labute approximate surface area is 97.2 Å². The first-order valence-corrected chi connectivity index (χ1v) is 6.33. The van der Waals surface area contributed by atoms with Crippen LogP contribution in [0, 0.1) is 17.8 Å². The second kappa shape index (κ2) is 6.02. The monoisotopic (exact) mass is 226 g/mol. The molecule has 0 amide bonds. The molecule has 0 aliphatic heterocycles. The Hall–Kier alpha value is -0.860. The maximum Gasteiger partial charge on any atom is 0.306 e. The summed E-state index contributed by atoms with van der Waals surface area (Å²) in [5.41, 5.74) is 0. The Morgan fingerprint density at radius 1 is 1.50 bits per heavy atom. The van der Waals surface area contributed by atoms with Crippen LogP contribution in [0.3, 0.4) is 0 Å². The number of hydrogen-bond donors (Lipinski definition) is 1. The second-order valence-electron chi connectivity index (χ2n) is 4.90. The summed E-state index contributed by atoms with van der Waals surface area (Å²) < 4.78 is 0. The maximum absolute atomic E-state index is 11.7. The first-order valence-electron chi connectivity index (χ1n) is 6.33. The molecular weight excluding hydrogens is 204 g/mol. The third-order valence-electron chi connectivity index (χ3n) is 3.80. The van der Waals surface area contributed by atoms with Crippen molar-refractivity contribution in [3.05, 3.63) is 0 Å². The highest BCUT2D eigenvalue weighted by Gasteiger charge is 2.39. The number of carboxylic acids is 1. The van der Waals surface area contributed by atoms with E-state index in [4.69, 9.17) is 5.11 Å². The van der Waals surface area contributed by atoms with Crippen LogP contribution in [-0.2, 0) is 9.59 Å². The number of Topliss-reactive ketones (excluding diaryl/α,β-unsaturated/α-hetero) is 1.